The van der Waals surface area contributed by atoms with Gasteiger partial charge in [-0.25, -0.2) is 4.79 Å². The molecule has 0 aliphatic heterocycles. The van der Waals surface area contributed by atoms with Crippen LogP contribution in [0.2, 0.25) is 0 Å². The molecule has 1 rings (SSSR count). The number of carbonyl (C=O) groups is 1. The summed E-state index contributed by atoms with van der Waals surface area (Å²) in [7, 11) is 1.39. The number of nitrogens with one attached hydrogen (secondary N) is 1. The SMILES string of the molecule is COC(=O)C(NCCOC(C)(C)C)c1ccccc1. The molecule has 19 heavy (non-hydrogen) atoms. The van der Waals surface area contributed by atoms with Crippen molar-refractivity contribution in [1.29, 1.82) is 0 Å². The van der Waals surface area contributed by atoms with Crippen molar-refractivity contribution >= 4 is 5.97 Å². The third-order valence-corrected chi connectivity index (χ3v) is 2.56. The predicted molar refractivity (Wildman–Crippen MR) is 74.9 cm³/mol. The van der Waals surface area contributed by atoms with Gasteiger partial charge in [-0.1, -0.05) is 30.3 Å². The van der Waals surface area contributed by atoms with E-state index in [1.54, 1.807) is 0 Å². The Hall–Kier alpha value is -1.39. The van der Waals surface area contributed by atoms with E-state index in [1.165, 1.54) is 7.11 Å². The van der Waals surface area contributed by atoms with E-state index in [-0.39, 0.29) is 11.6 Å². The van der Waals surface area contributed by atoms with Crippen molar-refractivity contribution in [2.24, 2.45) is 0 Å². The molecule has 0 bridgehead atoms. The number of esters is 1. The van der Waals surface area contributed by atoms with Gasteiger partial charge in [-0.2, -0.15) is 0 Å². The first-order valence-electron chi connectivity index (χ1n) is 6.44. The normalized spacial score (nSPS) is 13.1. The second-order valence-corrected chi connectivity index (χ2v) is 5.28. The largest absolute Gasteiger partial charge is 0.468 e. The van der Waals surface area contributed by atoms with E-state index >= 15 is 0 Å². The maximum Gasteiger partial charge on any atom is 0.327 e. The number of carbonyl (C=O) groups excluding carboxylic acids is 1. The van der Waals surface area contributed by atoms with Crippen molar-refractivity contribution in [2.45, 2.75) is 32.4 Å². The molecule has 0 amide bonds. The molecule has 4 heteroatoms. The van der Waals surface area contributed by atoms with Crippen LogP contribution in [0.25, 0.3) is 0 Å². The fourth-order valence-corrected chi connectivity index (χ4v) is 1.66. The Balaban J connectivity index is 2.55. The summed E-state index contributed by atoms with van der Waals surface area (Å²) >= 11 is 0. The Kier molecular flexibility index (Phi) is 5.99. The van der Waals surface area contributed by atoms with Crippen LogP contribution in [-0.2, 0) is 14.3 Å². The molecule has 0 radical (unpaired) electrons. The standard InChI is InChI=1S/C15H23NO3/c1-15(2,3)19-11-10-16-13(14(17)18-4)12-8-6-5-7-9-12/h5-9,13,16H,10-11H2,1-4H3. The third-order valence-electron chi connectivity index (χ3n) is 2.56. The lowest BCUT2D eigenvalue weighted by molar-refractivity contribution is -0.143. The minimum absolute atomic E-state index is 0.171. The van der Waals surface area contributed by atoms with Crippen LogP contribution in [0.1, 0.15) is 32.4 Å². The molecule has 0 aliphatic rings. The quantitative estimate of drug-likeness (QED) is 0.633. The van der Waals surface area contributed by atoms with Crippen molar-refractivity contribution < 1.29 is 14.3 Å². The summed E-state index contributed by atoms with van der Waals surface area (Å²) in [6, 6.07) is 9.07. The van der Waals surface area contributed by atoms with Crippen molar-refractivity contribution in [3.8, 4) is 0 Å². The van der Waals surface area contributed by atoms with E-state index in [1.807, 2.05) is 51.1 Å². The molecule has 1 atom stereocenters. The van der Waals surface area contributed by atoms with Crippen LogP contribution in [0.3, 0.4) is 0 Å². The van der Waals surface area contributed by atoms with Gasteiger partial charge in [0.15, 0.2) is 0 Å². The summed E-state index contributed by atoms with van der Waals surface area (Å²) in [6.07, 6.45) is 0. The highest BCUT2D eigenvalue weighted by Crippen LogP contribution is 2.14. The molecule has 0 saturated heterocycles. The van der Waals surface area contributed by atoms with E-state index in [4.69, 9.17) is 9.47 Å². The Morgan fingerprint density at radius 2 is 1.89 bits per heavy atom. The van der Waals surface area contributed by atoms with Crippen LogP contribution in [0.15, 0.2) is 30.3 Å². The number of rotatable bonds is 6. The molecule has 1 aromatic carbocycles. The molecular formula is C15H23NO3. The van der Waals surface area contributed by atoms with Crippen LogP contribution < -0.4 is 5.32 Å². The van der Waals surface area contributed by atoms with E-state index in [0.29, 0.717) is 13.2 Å². The lowest BCUT2D eigenvalue weighted by atomic mass is 10.1. The van der Waals surface area contributed by atoms with Gasteiger partial charge in [0, 0.05) is 6.54 Å². The minimum Gasteiger partial charge on any atom is -0.468 e. The molecule has 1 N–H and O–H groups in total. The first-order chi connectivity index (χ1) is 8.94. The van der Waals surface area contributed by atoms with Gasteiger partial charge in [-0.05, 0) is 26.3 Å². The van der Waals surface area contributed by atoms with E-state index in [0.717, 1.165) is 5.56 Å². The molecule has 0 heterocycles. The third kappa shape index (κ3) is 5.85. The fourth-order valence-electron chi connectivity index (χ4n) is 1.66. The number of methoxy groups -OCH3 is 1. The second kappa shape index (κ2) is 7.26. The topological polar surface area (TPSA) is 47.6 Å². The molecule has 106 valence electrons. The zero-order valence-corrected chi connectivity index (χ0v) is 12.1. The van der Waals surface area contributed by atoms with Crippen molar-refractivity contribution in [3.63, 3.8) is 0 Å². The highest BCUT2D eigenvalue weighted by molar-refractivity contribution is 5.77. The molecule has 0 aliphatic carbocycles. The zero-order valence-electron chi connectivity index (χ0n) is 12.1. The molecule has 0 spiro atoms. The first kappa shape index (κ1) is 15.7. The van der Waals surface area contributed by atoms with Crippen LogP contribution >= 0.6 is 0 Å². The average molecular weight is 265 g/mol. The van der Waals surface area contributed by atoms with Gasteiger partial charge in [0.25, 0.3) is 0 Å². The summed E-state index contributed by atoms with van der Waals surface area (Å²) in [5.41, 5.74) is 0.722. The molecular weight excluding hydrogens is 242 g/mol. The fraction of sp³-hybridized carbons (Fsp3) is 0.533. The van der Waals surface area contributed by atoms with Gasteiger partial charge in [0.1, 0.15) is 6.04 Å². The maximum absolute atomic E-state index is 11.8. The van der Waals surface area contributed by atoms with Gasteiger partial charge in [-0.15, -0.1) is 0 Å². The van der Waals surface area contributed by atoms with Gasteiger partial charge in [-0.3, -0.25) is 5.32 Å². The highest BCUT2D eigenvalue weighted by Gasteiger charge is 2.20. The summed E-state index contributed by atoms with van der Waals surface area (Å²) in [5.74, 6) is -0.290. The van der Waals surface area contributed by atoms with Crippen molar-refractivity contribution in [2.75, 3.05) is 20.3 Å². The lowest BCUT2D eigenvalue weighted by Crippen LogP contribution is -2.33. The summed E-state index contributed by atoms with van der Waals surface area (Å²) < 4.78 is 10.4. The number of hydrogen-bond donors (Lipinski definition) is 1. The summed E-state index contributed by atoms with van der Waals surface area (Å²) in [6.45, 7) is 7.14. The zero-order chi connectivity index (χ0) is 14.3. The Morgan fingerprint density at radius 1 is 1.26 bits per heavy atom. The van der Waals surface area contributed by atoms with Gasteiger partial charge < -0.3 is 9.47 Å². The smallest absolute Gasteiger partial charge is 0.327 e. The van der Waals surface area contributed by atoms with Crippen LogP contribution in [-0.4, -0.2) is 31.8 Å². The molecule has 4 nitrogen and oxygen atoms in total. The van der Waals surface area contributed by atoms with Crippen molar-refractivity contribution in [3.05, 3.63) is 35.9 Å². The number of benzene rings is 1. The predicted octanol–water partition coefficient (Wildman–Crippen LogP) is 2.31. The highest BCUT2D eigenvalue weighted by atomic mass is 16.5. The second-order valence-electron chi connectivity index (χ2n) is 5.28. The molecule has 1 aromatic rings. The average Bonchev–Trinajstić information content (AvgIpc) is 2.38. The minimum atomic E-state index is -0.449. The monoisotopic (exact) mass is 265 g/mol. The lowest BCUT2D eigenvalue weighted by Gasteiger charge is -2.21. The number of ether oxygens (including phenoxy) is 2. The molecule has 0 saturated carbocycles. The molecule has 0 fully saturated rings. The Labute approximate surface area is 115 Å². The van der Waals surface area contributed by atoms with Gasteiger partial charge in [0.05, 0.1) is 19.3 Å². The maximum atomic E-state index is 11.8. The van der Waals surface area contributed by atoms with Crippen LogP contribution in [0.4, 0.5) is 0 Å². The first-order valence-corrected chi connectivity index (χ1v) is 6.44. The van der Waals surface area contributed by atoms with E-state index in [9.17, 15) is 4.79 Å². The Morgan fingerprint density at radius 3 is 2.42 bits per heavy atom. The summed E-state index contributed by atoms with van der Waals surface area (Å²) in [5, 5.41) is 3.16. The molecule has 0 aromatic heterocycles. The van der Waals surface area contributed by atoms with Crippen LogP contribution in [0, 0.1) is 0 Å². The van der Waals surface area contributed by atoms with E-state index in [2.05, 4.69) is 5.32 Å². The van der Waals surface area contributed by atoms with Crippen molar-refractivity contribution in [1.82, 2.24) is 5.32 Å². The molecule has 1 unspecified atom stereocenters. The van der Waals surface area contributed by atoms with E-state index < -0.39 is 6.04 Å². The van der Waals surface area contributed by atoms with Gasteiger partial charge >= 0.3 is 5.97 Å². The number of hydrogen-bond acceptors (Lipinski definition) is 4. The van der Waals surface area contributed by atoms with Crippen LogP contribution in [0.5, 0.6) is 0 Å². The van der Waals surface area contributed by atoms with Gasteiger partial charge in [0.2, 0.25) is 0 Å². The Bertz CT molecular complexity index is 384. The summed E-state index contributed by atoms with van der Waals surface area (Å²) in [4.78, 5) is 11.8.